The van der Waals surface area contributed by atoms with Crippen molar-refractivity contribution in [1.29, 1.82) is 0 Å². The number of nitrogens with one attached hydrogen (secondary N) is 1. The number of amidine groups is 1. The first-order valence-electron chi connectivity index (χ1n) is 10.2. The highest BCUT2D eigenvalue weighted by Gasteiger charge is 2.22. The average Bonchev–Trinajstić information content (AvgIpc) is 2.99. The van der Waals surface area contributed by atoms with Crippen LogP contribution in [0.1, 0.15) is 15.9 Å². The van der Waals surface area contributed by atoms with E-state index in [1.807, 2.05) is 54.4 Å². The molecule has 1 aliphatic rings. The van der Waals surface area contributed by atoms with Gasteiger partial charge in [0.1, 0.15) is 23.0 Å². The molecule has 3 aromatic rings. The number of aliphatic imine (C=N–C) groups is 1. The lowest BCUT2D eigenvalue weighted by atomic mass is 10.1. The van der Waals surface area contributed by atoms with Crippen molar-refractivity contribution in [2.24, 2.45) is 4.99 Å². The van der Waals surface area contributed by atoms with Crippen molar-refractivity contribution in [2.75, 3.05) is 39.7 Å². The average molecular weight is 431 g/mol. The fourth-order valence-electron chi connectivity index (χ4n) is 3.39. The summed E-state index contributed by atoms with van der Waals surface area (Å²) < 4.78 is 16.6. The van der Waals surface area contributed by atoms with Gasteiger partial charge in [-0.25, -0.2) is 4.99 Å². The molecular weight excluding hydrogens is 406 g/mol. The summed E-state index contributed by atoms with van der Waals surface area (Å²) in [6.45, 7) is 1.21. The largest absolute Gasteiger partial charge is 0.497 e. The van der Waals surface area contributed by atoms with Crippen molar-refractivity contribution in [3.63, 3.8) is 0 Å². The minimum absolute atomic E-state index is 0.229. The Morgan fingerprint density at radius 2 is 1.88 bits per heavy atom. The fourth-order valence-corrected chi connectivity index (χ4v) is 3.39. The van der Waals surface area contributed by atoms with E-state index in [4.69, 9.17) is 19.2 Å². The zero-order valence-electron chi connectivity index (χ0n) is 18.3. The lowest BCUT2D eigenvalue weighted by Crippen LogP contribution is -2.30. The summed E-state index contributed by atoms with van der Waals surface area (Å²) in [6.07, 6.45) is 0. The van der Waals surface area contributed by atoms with Gasteiger partial charge in [-0.05, 0) is 48.5 Å². The molecule has 1 aliphatic heterocycles. The van der Waals surface area contributed by atoms with E-state index in [9.17, 15) is 4.79 Å². The number of ether oxygens (including phenoxy) is 3. The standard InChI is InChI=1S/C25H25N3O4/c1-28(13-14-30-2)24-20-16-18(26-25(29)17-7-6-8-19(15-17)31-3)11-12-22(20)32-23-10-5-4-9-21(23)27-24/h4-12,15-16H,13-14H2,1-3H3,(H,26,29). The summed E-state index contributed by atoms with van der Waals surface area (Å²) in [5, 5.41) is 2.96. The van der Waals surface area contributed by atoms with Gasteiger partial charge in [0.05, 0.1) is 19.3 Å². The quantitative estimate of drug-likeness (QED) is 0.612. The zero-order valence-corrected chi connectivity index (χ0v) is 18.3. The van der Waals surface area contributed by atoms with E-state index >= 15 is 0 Å². The Labute approximate surface area is 187 Å². The first-order chi connectivity index (χ1) is 15.6. The van der Waals surface area contributed by atoms with Gasteiger partial charge in [-0.2, -0.15) is 0 Å². The van der Waals surface area contributed by atoms with Crippen LogP contribution in [0.2, 0.25) is 0 Å². The van der Waals surface area contributed by atoms with Gasteiger partial charge >= 0.3 is 0 Å². The van der Waals surface area contributed by atoms with E-state index in [2.05, 4.69) is 5.32 Å². The lowest BCUT2D eigenvalue weighted by Gasteiger charge is -2.22. The number of likely N-dealkylation sites (N-methyl/N-ethyl adjacent to an activating group) is 1. The van der Waals surface area contributed by atoms with Crippen LogP contribution < -0.4 is 14.8 Å². The van der Waals surface area contributed by atoms with Gasteiger partial charge < -0.3 is 24.4 Å². The SMILES string of the molecule is COCCN(C)C1=Nc2ccccc2Oc2ccc(NC(=O)c3cccc(OC)c3)cc21. The minimum atomic E-state index is -0.229. The Kier molecular flexibility index (Phi) is 6.37. The van der Waals surface area contributed by atoms with Gasteiger partial charge in [0.2, 0.25) is 0 Å². The molecule has 4 rings (SSSR count). The Hall–Kier alpha value is -3.84. The maximum atomic E-state index is 12.8. The molecular formula is C25H25N3O4. The molecule has 0 aliphatic carbocycles. The molecule has 1 N–H and O–H groups in total. The predicted octanol–water partition coefficient (Wildman–Crippen LogP) is 4.71. The number of para-hydroxylation sites is 2. The Morgan fingerprint density at radius 1 is 1.03 bits per heavy atom. The number of hydrogen-bond donors (Lipinski definition) is 1. The zero-order chi connectivity index (χ0) is 22.5. The van der Waals surface area contributed by atoms with Crippen molar-refractivity contribution in [3.8, 4) is 17.2 Å². The molecule has 164 valence electrons. The maximum Gasteiger partial charge on any atom is 0.255 e. The van der Waals surface area contributed by atoms with E-state index in [1.54, 1.807) is 38.5 Å². The van der Waals surface area contributed by atoms with Crippen molar-refractivity contribution < 1.29 is 19.0 Å². The topological polar surface area (TPSA) is 72.4 Å². The fraction of sp³-hybridized carbons (Fsp3) is 0.200. The van der Waals surface area contributed by atoms with Gasteiger partial charge in [0.25, 0.3) is 5.91 Å². The Bertz CT molecular complexity index is 1160. The summed E-state index contributed by atoms with van der Waals surface area (Å²) in [6, 6.07) is 20.2. The van der Waals surface area contributed by atoms with E-state index in [0.29, 0.717) is 41.7 Å². The number of hydrogen-bond acceptors (Lipinski definition) is 6. The van der Waals surface area contributed by atoms with Crippen LogP contribution in [0.15, 0.2) is 71.7 Å². The molecule has 0 saturated heterocycles. The number of amides is 1. The first-order valence-corrected chi connectivity index (χ1v) is 10.2. The van der Waals surface area contributed by atoms with Gasteiger partial charge in [-0.1, -0.05) is 18.2 Å². The van der Waals surface area contributed by atoms with Crippen molar-refractivity contribution in [3.05, 3.63) is 77.9 Å². The molecule has 32 heavy (non-hydrogen) atoms. The van der Waals surface area contributed by atoms with E-state index in [1.165, 1.54) is 0 Å². The first kappa shape index (κ1) is 21.4. The van der Waals surface area contributed by atoms with Crippen LogP contribution in [-0.4, -0.2) is 51.1 Å². The molecule has 1 amide bonds. The van der Waals surface area contributed by atoms with Crippen LogP contribution >= 0.6 is 0 Å². The van der Waals surface area contributed by atoms with Crippen LogP contribution in [0.4, 0.5) is 11.4 Å². The van der Waals surface area contributed by atoms with Crippen LogP contribution in [-0.2, 0) is 4.74 Å². The number of nitrogens with zero attached hydrogens (tertiary/aromatic N) is 2. The normalized spacial score (nSPS) is 11.9. The van der Waals surface area contributed by atoms with Gasteiger partial charge in [-0.3, -0.25) is 4.79 Å². The van der Waals surface area contributed by atoms with Crippen molar-refractivity contribution in [1.82, 2.24) is 4.90 Å². The molecule has 0 bridgehead atoms. The lowest BCUT2D eigenvalue weighted by molar-refractivity contribution is 0.102. The summed E-state index contributed by atoms with van der Waals surface area (Å²) in [5.41, 5.74) is 2.67. The molecule has 7 nitrogen and oxygen atoms in total. The van der Waals surface area contributed by atoms with E-state index < -0.39 is 0 Å². The molecule has 1 heterocycles. The van der Waals surface area contributed by atoms with Crippen molar-refractivity contribution in [2.45, 2.75) is 0 Å². The van der Waals surface area contributed by atoms with E-state index in [0.717, 1.165) is 17.1 Å². The van der Waals surface area contributed by atoms with Gasteiger partial charge in [0.15, 0.2) is 5.75 Å². The third-order valence-electron chi connectivity index (χ3n) is 5.11. The molecule has 3 aromatic carbocycles. The highest BCUT2D eigenvalue weighted by atomic mass is 16.5. The van der Waals surface area contributed by atoms with Crippen LogP contribution in [0.25, 0.3) is 0 Å². The summed E-state index contributed by atoms with van der Waals surface area (Å²) in [4.78, 5) is 19.7. The minimum Gasteiger partial charge on any atom is -0.497 e. The van der Waals surface area contributed by atoms with Gasteiger partial charge in [-0.15, -0.1) is 0 Å². The summed E-state index contributed by atoms with van der Waals surface area (Å²) >= 11 is 0. The number of benzene rings is 3. The molecule has 0 fully saturated rings. The smallest absolute Gasteiger partial charge is 0.255 e. The molecule has 0 unspecified atom stereocenters. The molecule has 7 heteroatoms. The Morgan fingerprint density at radius 3 is 2.69 bits per heavy atom. The summed E-state index contributed by atoms with van der Waals surface area (Å²) in [5.74, 6) is 2.47. The number of rotatable bonds is 6. The van der Waals surface area contributed by atoms with Crippen LogP contribution in [0, 0.1) is 0 Å². The molecule has 0 spiro atoms. The van der Waals surface area contributed by atoms with E-state index in [-0.39, 0.29) is 5.91 Å². The molecule has 0 saturated carbocycles. The molecule has 0 aromatic heterocycles. The highest BCUT2D eigenvalue weighted by molar-refractivity contribution is 6.07. The highest BCUT2D eigenvalue weighted by Crippen LogP contribution is 2.38. The second-order valence-corrected chi connectivity index (χ2v) is 7.32. The van der Waals surface area contributed by atoms with Crippen LogP contribution in [0.5, 0.6) is 17.2 Å². The second-order valence-electron chi connectivity index (χ2n) is 7.32. The summed E-state index contributed by atoms with van der Waals surface area (Å²) in [7, 11) is 5.20. The predicted molar refractivity (Wildman–Crippen MR) is 125 cm³/mol. The molecule has 0 atom stereocenters. The number of carbonyl (C=O) groups excluding carboxylic acids is 1. The number of carbonyl (C=O) groups is 1. The molecule has 0 radical (unpaired) electrons. The number of fused-ring (bicyclic) bond motifs is 2. The maximum absolute atomic E-state index is 12.8. The second kappa shape index (κ2) is 9.53. The third kappa shape index (κ3) is 4.58. The monoisotopic (exact) mass is 431 g/mol. The third-order valence-corrected chi connectivity index (χ3v) is 5.11. The van der Waals surface area contributed by atoms with Crippen molar-refractivity contribution >= 4 is 23.1 Å². The van der Waals surface area contributed by atoms with Crippen LogP contribution in [0.3, 0.4) is 0 Å². The Balaban J connectivity index is 1.69. The van der Waals surface area contributed by atoms with Gasteiger partial charge in [0, 0.05) is 32.0 Å². The number of methoxy groups -OCH3 is 2. The number of anilines is 1.